The zero-order valence-electron chi connectivity index (χ0n) is 30.7. The van der Waals surface area contributed by atoms with E-state index in [-0.39, 0.29) is 0 Å². The zero-order valence-corrected chi connectivity index (χ0v) is 31.5. The van der Waals surface area contributed by atoms with Crippen LogP contribution in [0, 0.1) is 0 Å². The second-order valence-electron chi connectivity index (χ2n) is 14.6. The Kier molecular flexibility index (Phi) is 7.06. The molecule has 0 aliphatic carbocycles. The lowest BCUT2D eigenvalue weighted by atomic mass is 9.99. The van der Waals surface area contributed by atoms with Crippen molar-refractivity contribution in [3.63, 3.8) is 0 Å². The number of nitrogens with zero attached hydrogens (tertiary/aromatic N) is 4. The molecule has 0 saturated carbocycles. The predicted molar refractivity (Wildman–Crippen MR) is 240 cm³/mol. The molecule has 0 unspecified atom stereocenters. The highest BCUT2D eigenvalue weighted by molar-refractivity contribution is 7.22. The van der Waals surface area contributed by atoms with Crippen LogP contribution in [0.4, 0.5) is 0 Å². The molecule has 0 fully saturated rings. The van der Waals surface area contributed by atoms with Gasteiger partial charge in [0.2, 0.25) is 5.95 Å². The van der Waals surface area contributed by atoms with Crippen LogP contribution in [0.25, 0.3) is 109 Å². The summed E-state index contributed by atoms with van der Waals surface area (Å²) in [6.45, 7) is 0. The van der Waals surface area contributed by atoms with Crippen LogP contribution < -0.4 is 0 Å². The van der Waals surface area contributed by atoms with Crippen molar-refractivity contribution >= 4 is 75.9 Å². The Balaban J connectivity index is 1.14. The first kappa shape index (κ1) is 32.0. The van der Waals surface area contributed by atoms with E-state index in [1.807, 2.05) is 0 Å². The van der Waals surface area contributed by atoms with Crippen LogP contribution in [0.5, 0.6) is 0 Å². The minimum Gasteiger partial charge on any atom is -0.309 e. The lowest BCUT2D eigenvalue weighted by molar-refractivity contribution is 1.02. The molecule has 5 heteroatoms. The highest BCUT2D eigenvalue weighted by Gasteiger charge is 2.22. The lowest BCUT2D eigenvalue weighted by Gasteiger charge is -2.13. The molecule has 12 aromatic rings. The Morgan fingerprint density at radius 2 is 1.05 bits per heavy atom. The van der Waals surface area contributed by atoms with Crippen molar-refractivity contribution in [1.82, 2.24) is 19.1 Å². The molecule has 0 spiro atoms. The number of benzene rings is 8. The highest BCUT2D eigenvalue weighted by atomic mass is 32.1. The Morgan fingerprint density at radius 1 is 0.404 bits per heavy atom. The maximum Gasteiger partial charge on any atom is 0.235 e. The van der Waals surface area contributed by atoms with Gasteiger partial charge in [-0.15, -0.1) is 11.3 Å². The van der Waals surface area contributed by atoms with E-state index in [4.69, 9.17) is 9.97 Å². The van der Waals surface area contributed by atoms with E-state index in [1.54, 1.807) is 11.3 Å². The van der Waals surface area contributed by atoms with E-state index < -0.39 is 0 Å². The molecule has 0 aliphatic heterocycles. The molecular formula is C52H32N4S. The summed E-state index contributed by atoms with van der Waals surface area (Å²) >= 11 is 1.75. The van der Waals surface area contributed by atoms with Gasteiger partial charge in [-0.05, 0) is 70.4 Å². The quantitative estimate of drug-likeness (QED) is 0.176. The molecule has 0 bridgehead atoms. The minimum atomic E-state index is 0.658. The highest BCUT2D eigenvalue weighted by Crippen LogP contribution is 2.43. The average molecular weight is 745 g/mol. The van der Waals surface area contributed by atoms with Gasteiger partial charge in [0.15, 0.2) is 0 Å². The van der Waals surface area contributed by atoms with Crippen molar-refractivity contribution in [2.45, 2.75) is 0 Å². The van der Waals surface area contributed by atoms with Gasteiger partial charge < -0.3 is 4.57 Å². The third kappa shape index (κ3) is 4.99. The summed E-state index contributed by atoms with van der Waals surface area (Å²) in [4.78, 5) is 12.0. The number of fused-ring (bicyclic) bond motifs is 8. The van der Waals surface area contributed by atoms with Crippen LogP contribution in [0.1, 0.15) is 0 Å². The van der Waals surface area contributed by atoms with Crippen LogP contribution in [-0.2, 0) is 0 Å². The normalized spacial score (nSPS) is 11.9. The second-order valence-corrected chi connectivity index (χ2v) is 15.7. The van der Waals surface area contributed by atoms with Gasteiger partial charge in [0.05, 0.1) is 38.0 Å². The Hall–Kier alpha value is -7.34. The SMILES string of the molecule is c1ccc(-c2cc3nc(-n4c5ccccc5c5cccc(-c6ccc7c(c6)c6cc8ccccc8cc6n7-c6ccccc6)c54)nc(-c4ccccc4)c3s2)cc1. The maximum atomic E-state index is 5.47. The van der Waals surface area contributed by atoms with Crippen molar-refractivity contribution in [3.05, 3.63) is 194 Å². The molecule has 12 rings (SSSR count). The number of hydrogen-bond acceptors (Lipinski definition) is 3. The summed E-state index contributed by atoms with van der Waals surface area (Å²) in [6, 6.07) is 69.6. The van der Waals surface area contributed by atoms with E-state index >= 15 is 0 Å². The molecule has 0 radical (unpaired) electrons. The van der Waals surface area contributed by atoms with Crippen LogP contribution >= 0.6 is 11.3 Å². The monoisotopic (exact) mass is 744 g/mol. The molecule has 0 aliphatic rings. The Labute approximate surface area is 332 Å². The zero-order chi connectivity index (χ0) is 37.5. The number of aromatic nitrogens is 4. The van der Waals surface area contributed by atoms with E-state index in [1.165, 1.54) is 53.8 Å². The van der Waals surface area contributed by atoms with Crippen LogP contribution in [0.3, 0.4) is 0 Å². The molecule has 57 heavy (non-hydrogen) atoms. The molecular weight excluding hydrogens is 713 g/mol. The maximum absolute atomic E-state index is 5.47. The Morgan fingerprint density at radius 3 is 1.86 bits per heavy atom. The number of hydrogen-bond donors (Lipinski definition) is 0. The first-order valence-electron chi connectivity index (χ1n) is 19.2. The summed E-state index contributed by atoms with van der Waals surface area (Å²) < 4.78 is 5.77. The number of rotatable bonds is 5. The summed E-state index contributed by atoms with van der Waals surface area (Å²) in [5.74, 6) is 0.658. The molecule has 266 valence electrons. The first-order valence-corrected chi connectivity index (χ1v) is 20.1. The van der Waals surface area contributed by atoms with E-state index in [0.717, 1.165) is 49.3 Å². The van der Waals surface area contributed by atoms with Crippen molar-refractivity contribution < 1.29 is 0 Å². The smallest absolute Gasteiger partial charge is 0.235 e. The van der Waals surface area contributed by atoms with Gasteiger partial charge >= 0.3 is 0 Å². The molecule has 8 aromatic carbocycles. The second kappa shape index (κ2) is 12.6. The van der Waals surface area contributed by atoms with Crippen molar-refractivity contribution in [3.8, 4) is 44.5 Å². The summed E-state index contributed by atoms with van der Waals surface area (Å²) in [5, 5.41) is 7.25. The molecule has 0 saturated heterocycles. The molecule has 0 atom stereocenters. The number of para-hydroxylation sites is 3. The standard InChI is InChI=1S/C52H32N4S/c1-4-15-33(16-5-1)48-32-44-51(57-48)49(34-17-6-2-7-18-34)54-52(53-44)56-45-26-13-12-23-40(45)41-25-14-24-39(50(41)56)37-27-28-46-42(30-37)43-29-35-19-10-11-20-36(35)31-47(43)55(46)38-21-8-3-9-22-38/h1-32H. The summed E-state index contributed by atoms with van der Waals surface area (Å²) in [6.07, 6.45) is 0. The van der Waals surface area contributed by atoms with Gasteiger partial charge in [0.25, 0.3) is 0 Å². The van der Waals surface area contributed by atoms with E-state index in [0.29, 0.717) is 5.95 Å². The fourth-order valence-corrected chi connectivity index (χ4v) is 9.86. The molecule has 4 aromatic heterocycles. The van der Waals surface area contributed by atoms with Crippen molar-refractivity contribution in [2.75, 3.05) is 0 Å². The van der Waals surface area contributed by atoms with E-state index in [9.17, 15) is 0 Å². The van der Waals surface area contributed by atoms with E-state index in [2.05, 4.69) is 203 Å². The van der Waals surface area contributed by atoms with Gasteiger partial charge in [-0.3, -0.25) is 4.57 Å². The predicted octanol–water partition coefficient (Wildman–Crippen LogP) is 14.0. The average Bonchev–Trinajstić information content (AvgIpc) is 3.96. The van der Waals surface area contributed by atoms with Crippen molar-refractivity contribution in [2.24, 2.45) is 0 Å². The van der Waals surface area contributed by atoms with Gasteiger partial charge in [0, 0.05) is 43.2 Å². The topological polar surface area (TPSA) is 35.6 Å². The molecule has 0 N–H and O–H groups in total. The molecule has 4 nitrogen and oxygen atoms in total. The first-order chi connectivity index (χ1) is 28.3. The summed E-state index contributed by atoms with van der Waals surface area (Å²) in [5.41, 5.74) is 12.1. The van der Waals surface area contributed by atoms with Gasteiger partial charge in [-0.1, -0.05) is 146 Å². The lowest BCUT2D eigenvalue weighted by Crippen LogP contribution is -2.03. The summed E-state index contributed by atoms with van der Waals surface area (Å²) in [7, 11) is 0. The van der Waals surface area contributed by atoms with Gasteiger partial charge in [-0.2, -0.15) is 0 Å². The van der Waals surface area contributed by atoms with Gasteiger partial charge in [0.1, 0.15) is 0 Å². The van der Waals surface area contributed by atoms with Crippen LogP contribution in [-0.4, -0.2) is 19.1 Å². The third-order valence-electron chi connectivity index (χ3n) is 11.3. The third-order valence-corrected chi connectivity index (χ3v) is 12.5. The van der Waals surface area contributed by atoms with Crippen LogP contribution in [0.15, 0.2) is 194 Å². The molecule has 4 heterocycles. The molecule has 0 amide bonds. The van der Waals surface area contributed by atoms with Gasteiger partial charge in [-0.25, -0.2) is 9.97 Å². The Bertz CT molecular complexity index is 3510. The minimum absolute atomic E-state index is 0.658. The fourth-order valence-electron chi connectivity index (χ4n) is 8.74. The fraction of sp³-hybridized carbons (Fsp3) is 0. The number of thiophene rings is 1. The largest absolute Gasteiger partial charge is 0.309 e. The van der Waals surface area contributed by atoms with Crippen molar-refractivity contribution in [1.29, 1.82) is 0 Å². The van der Waals surface area contributed by atoms with Crippen LogP contribution in [0.2, 0.25) is 0 Å².